The smallest absolute Gasteiger partial charge is 0.416 e. The largest absolute Gasteiger partial charge is 0.497 e. The van der Waals surface area contributed by atoms with Crippen molar-refractivity contribution in [2.45, 2.75) is 24.6 Å². The second kappa shape index (κ2) is 11.0. The van der Waals surface area contributed by atoms with Gasteiger partial charge in [0.05, 0.1) is 12.7 Å². The monoisotopic (exact) mass is 456 g/mol. The average Bonchev–Trinajstić information content (AvgIpc) is 2.84. The maximum atomic E-state index is 13.0. The van der Waals surface area contributed by atoms with Crippen LogP contribution in [0, 0.1) is 0 Å². The normalized spacial score (nSPS) is 13.2. The van der Waals surface area contributed by atoms with Gasteiger partial charge in [0.15, 0.2) is 0 Å². The van der Waals surface area contributed by atoms with E-state index in [1.807, 2.05) is 54.6 Å². The molecule has 2 atom stereocenters. The molecule has 0 radical (unpaired) electrons. The van der Waals surface area contributed by atoms with Crippen molar-refractivity contribution in [3.05, 3.63) is 101 Å². The summed E-state index contributed by atoms with van der Waals surface area (Å²) in [4.78, 5) is 12.4. The Balaban J connectivity index is 1.82. The Morgan fingerprint density at radius 2 is 1.45 bits per heavy atom. The molecular formula is C26H27F3N2O2. The van der Waals surface area contributed by atoms with Crippen LogP contribution in [0.2, 0.25) is 0 Å². The summed E-state index contributed by atoms with van der Waals surface area (Å²) in [5.41, 5.74) is 1.88. The lowest BCUT2D eigenvalue weighted by atomic mass is 9.88. The molecule has 0 unspecified atom stereocenters. The molecule has 0 aliphatic carbocycles. The number of alkyl halides is 3. The minimum Gasteiger partial charge on any atom is -0.497 e. The van der Waals surface area contributed by atoms with Crippen LogP contribution in [0.25, 0.3) is 0 Å². The van der Waals surface area contributed by atoms with Gasteiger partial charge < -0.3 is 15.4 Å². The van der Waals surface area contributed by atoms with Crippen molar-refractivity contribution in [3.63, 3.8) is 0 Å². The van der Waals surface area contributed by atoms with Crippen LogP contribution in [-0.4, -0.2) is 26.6 Å². The number of carbonyl (C=O) groups is 1. The van der Waals surface area contributed by atoms with Crippen LogP contribution in [0.15, 0.2) is 78.9 Å². The Labute approximate surface area is 191 Å². The fourth-order valence-electron chi connectivity index (χ4n) is 3.79. The zero-order valence-electron chi connectivity index (χ0n) is 18.5. The summed E-state index contributed by atoms with van der Waals surface area (Å²) in [5, 5.41) is 5.97. The highest BCUT2D eigenvalue weighted by Gasteiger charge is 2.30. The van der Waals surface area contributed by atoms with Crippen molar-refractivity contribution >= 4 is 5.91 Å². The fourth-order valence-corrected chi connectivity index (χ4v) is 3.79. The number of carbonyl (C=O) groups excluding carboxylic acids is 1. The third-order valence-electron chi connectivity index (χ3n) is 5.58. The highest BCUT2D eigenvalue weighted by atomic mass is 19.4. The van der Waals surface area contributed by atoms with Crippen LogP contribution in [0.3, 0.4) is 0 Å². The second-order valence-electron chi connectivity index (χ2n) is 7.65. The van der Waals surface area contributed by atoms with Crippen molar-refractivity contribution in [2.75, 3.05) is 20.7 Å². The third kappa shape index (κ3) is 6.35. The first-order chi connectivity index (χ1) is 15.8. The van der Waals surface area contributed by atoms with Gasteiger partial charge in [-0.25, -0.2) is 0 Å². The highest BCUT2D eigenvalue weighted by Crippen LogP contribution is 2.33. The van der Waals surface area contributed by atoms with E-state index in [-0.39, 0.29) is 11.8 Å². The molecule has 0 heterocycles. The van der Waals surface area contributed by atoms with E-state index in [0.29, 0.717) is 18.7 Å². The summed E-state index contributed by atoms with van der Waals surface area (Å²) in [6, 6.07) is 21.6. The molecule has 3 aromatic rings. The Bertz CT molecular complexity index is 1020. The van der Waals surface area contributed by atoms with E-state index in [9.17, 15) is 18.0 Å². The van der Waals surface area contributed by atoms with E-state index >= 15 is 0 Å². The van der Waals surface area contributed by atoms with Gasteiger partial charge in [0.1, 0.15) is 11.8 Å². The molecule has 4 nitrogen and oxygen atoms in total. The summed E-state index contributed by atoms with van der Waals surface area (Å²) in [7, 11) is 3.16. The average molecular weight is 457 g/mol. The first-order valence-corrected chi connectivity index (χ1v) is 10.6. The lowest BCUT2D eigenvalue weighted by molar-refractivity contribution is -0.137. The summed E-state index contributed by atoms with van der Waals surface area (Å²) >= 11 is 0. The molecule has 33 heavy (non-hydrogen) atoms. The molecule has 0 fully saturated rings. The van der Waals surface area contributed by atoms with Gasteiger partial charge in [-0.1, -0.05) is 54.6 Å². The number of likely N-dealkylation sites (N-methyl/N-ethyl adjacent to an activating group) is 1. The molecule has 3 aromatic carbocycles. The van der Waals surface area contributed by atoms with Crippen LogP contribution >= 0.6 is 0 Å². The molecular weight excluding hydrogens is 429 g/mol. The first kappa shape index (κ1) is 24.3. The van der Waals surface area contributed by atoms with E-state index in [1.165, 1.54) is 12.1 Å². The molecule has 2 N–H and O–H groups in total. The van der Waals surface area contributed by atoms with Gasteiger partial charge >= 0.3 is 6.18 Å². The minimum atomic E-state index is -4.38. The van der Waals surface area contributed by atoms with Gasteiger partial charge in [0.25, 0.3) is 0 Å². The quantitative estimate of drug-likeness (QED) is 0.459. The Kier molecular flexibility index (Phi) is 8.11. The van der Waals surface area contributed by atoms with E-state index in [0.717, 1.165) is 28.8 Å². The van der Waals surface area contributed by atoms with Gasteiger partial charge in [-0.2, -0.15) is 13.2 Å². The number of nitrogens with one attached hydrogen (secondary N) is 2. The van der Waals surface area contributed by atoms with Crippen molar-refractivity contribution in [2.24, 2.45) is 0 Å². The summed E-state index contributed by atoms with van der Waals surface area (Å²) in [6.07, 6.45) is -3.80. The Morgan fingerprint density at radius 3 is 1.97 bits per heavy atom. The maximum Gasteiger partial charge on any atom is 0.416 e. The summed E-state index contributed by atoms with van der Waals surface area (Å²) in [6.45, 7) is 0.477. The van der Waals surface area contributed by atoms with Gasteiger partial charge in [-0.05, 0) is 53.9 Å². The molecule has 0 saturated heterocycles. The standard InChI is InChI=1S/C26H27F3N2O2/c1-30-25(32)24(20-6-4-3-5-7-20)31-17-16-23(19-10-14-22(33-2)15-11-19)18-8-12-21(13-9-18)26(27,28)29/h3-15,23-24,31H,16-17H2,1-2H3,(H,30,32)/t23-,24-/m1/s1. The zero-order chi connectivity index (χ0) is 23.8. The fraction of sp³-hybridized carbons (Fsp3) is 0.269. The molecule has 1 amide bonds. The number of ether oxygens (including phenoxy) is 1. The van der Waals surface area contributed by atoms with Gasteiger partial charge in [-0.3, -0.25) is 4.79 Å². The molecule has 7 heteroatoms. The van der Waals surface area contributed by atoms with Crippen molar-refractivity contribution < 1.29 is 22.7 Å². The number of hydrogen-bond acceptors (Lipinski definition) is 3. The lowest BCUT2D eigenvalue weighted by Crippen LogP contribution is -2.36. The molecule has 3 rings (SSSR count). The first-order valence-electron chi connectivity index (χ1n) is 10.6. The topological polar surface area (TPSA) is 50.4 Å². The SMILES string of the molecule is CNC(=O)[C@H](NCC[C@@H](c1ccc(OC)cc1)c1ccc(C(F)(F)F)cc1)c1ccccc1. The van der Waals surface area contributed by atoms with E-state index in [2.05, 4.69) is 10.6 Å². The summed E-state index contributed by atoms with van der Waals surface area (Å²) in [5.74, 6) is 0.385. The number of rotatable bonds is 9. The van der Waals surface area contributed by atoms with E-state index in [4.69, 9.17) is 4.74 Å². The number of hydrogen-bond donors (Lipinski definition) is 2. The van der Waals surface area contributed by atoms with Gasteiger partial charge in [-0.15, -0.1) is 0 Å². The minimum absolute atomic E-state index is 0.156. The van der Waals surface area contributed by atoms with Crippen LogP contribution < -0.4 is 15.4 Å². The van der Waals surface area contributed by atoms with Gasteiger partial charge in [0, 0.05) is 13.0 Å². The van der Waals surface area contributed by atoms with E-state index in [1.54, 1.807) is 14.2 Å². The van der Waals surface area contributed by atoms with E-state index < -0.39 is 17.8 Å². The predicted molar refractivity (Wildman–Crippen MR) is 122 cm³/mol. The van der Waals surface area contributed by atoms with Crippen molar-refractivity contribution in [1.82, 2.24) is 10.6 Å². The Morgan fingerprint density at radius 1 is 0.879 bits per heavy atom. The van der Waals surface area contributed by atoms with Crippen LogP contribution in [-0.2, 0) is 11.0 Å². The second-order valence-corrected chi connectivity index (χ2v) is 7.65. The predicted octanol–water partition coefficient (Wildman–Crippen LogP) is 5.31. The third-order valence-corrected chi connectivity index (χ3v) is 5.58. The van der Waals surface area contributed by atoms with Gasteiger partial charge in [0.2, 0.25) is 5.91 Å². The molecule has 0 aliphatic rings. The highest BCUT2D eigenvalue weighted by molar-refractivity contribution is 5.82. The number of amides is 1. The molecule has 0 spiro atoms. The molecule has 0 saturated carbocycles. The van der Waals surface area contributed by atoms with Crippen LogP contribution in [0.4, 0.5) is 13.2 Å². The molecule has 0 bridgehead atoms. The zero-order valence-corrected chi connectivity index (χ0v) is 18.5. The van der Waals surface area contributed by atoms with Crippen molar-refractivity contribution in [1.29, 1.82) is 0 Å². The molecule has 174 valence electrons. The number of halogens is 3. The molecule has 0 aliphatic heterocycles. The lowest BCUT2D eigenvalue weighted by Gasteiger charge is -2.22. The molecule has 0 aromatic heterocycles. The number of benzene rings is 3. The van der Waals surface area contributed by atoms with Crippen molar-refractivity contribution in [3.8, 4) is 5.75 Å². The van der Waals surface area contributed by atoms with Crippen LogP contribution in [0.1, 0.15) is 40.6 Å². The summed E-state index contributed by atoms with van der Waals surface area (Å²) < 4.78 is 44.3. The maximum absolute atomic E-state index is 13.0. The number of methoxy groups -OCH3 is 1. The van der Waals surface area contributed by atoms with Crippen LogP contribution in [0.5, 0.6) is 5.75 Å². The Hall–Kier alpha value is -3.32.